The second-order valence-corrected chi connectivity index (χ2v) is 2.17. The van der Waals surface area contributed by atoms with Gasteiger partial charge in [-0.25, -0.2) is 0 Å². The number of hydrogen-bond acceptors (Lipinski definition) is 1. The summed E-state index contributed by atoms with van der Waals surface area (Å²) >= 11 is 10.6. The van der Waals surface area contributed by atoms with E-state index in [-0.39, 0.29) is 11.3 Å². The Morgan fingerprint density at radius 1 is 1.88 bits per heavy atom. The van der Waals surface area contributed by atoms with Crippen LogP contribution in [-0.2, 0) is 4.74 Å². The molecule has 0 heterocycles. The highest BCUT2D eigenvalue weighted by molar-refractivity contribution is 6.28. The molecule has 0 amide bonds. The Kier molecular flexibility index (Phi) is 4.11. The Morgan fingerprint density at radius 2 is 2.38 bits per heavy atom. The first-order valence-corrected chi connectivity index (χ1v) is 3.15. The minimum Gasteiger partial charge on any atom is -0.479 e. The van der Waals surface area contributed by atoms with Crippen LogP contribution < -0.4 is 0 Å². The quantitative estimate of drug-likeness (QED) is 0.449. The van der Waals surface area contributed by atoms with Crippen molar-refractivity contribution in [2.75, 3.05) is 5.88 Å². The van der Waals surface area contributed by atoms with E-state index in [1.165, 1.54) is 0 Å². The van der Waals surface area contributed by atoms with Gasteiger partial charge in [0.1, 0.15) is 6.10 Å². The average Bonchev–Trinajstić information content (AvgIpc) is 1.65. The first-order chi connectivity index (χ1) is 3.66. The second-order valence-electron chi connectivity index (χ2n) is 1.44. The Balaban J connectivity index is 3.24. The molecule has 0 saturated heterocycles. The third-order valence-electron chi connectivity index (χ3n) is 0.546. The van der Waals surface area contributed by atoms with Crippen LogP contribution in [0.15, 0.2) is 11.8 Å². The SMILES string of the molecule is C=C(Cl)OC(C)CCl. The summed E-state index contributed by atoms with van der Waals surface area (Å²) in [6.07, 6.45) is -0.0401. The fraction of sp³-hybridized carbons (Fsp3) is 0.600. The first kappa shape index (κ1) is 8.12. The van der Waals surface area contributed by atoms with Crippen molar-refractivity contribution in [3.63, 3.8) is 0 Å². The van der Waals surface area contributed by atoms with Crippen LogP contribution >= 0.6 is 23.2 Å². The molecule has 0 rings (SSSR count). The summed E-state index contributed by atoms with van der Waals surface area (Å²) in [4.78, 5) is 0. The van der Waals surface area contributed by atoms with Gasteiger partial charge in [0.25, 0.3) is 0 Å². The Morgan fingerprint density at radius 3 is 2.50 bits per heavy atom. The van der Waals surface area contributed by atoms with Gasteiger partial charge in [0.2, 0.25) is 0 Å². The minimum atomic E-state index is -0.0401. The largest absolute Gasteiger partial charge is 0.479 e. The van der Waals surface area contributed by atoms with Gasteiger partial charge >= 0.3 is 0 Å². The maximum Gasteiger partial charge on any atom is 0.179 e. The highest BCUT2D eigenvalue weighted by Gasteiger charge is 1.98. The van der Waals surface area contributed by atoms with Crippen LogP contribution in [0.2, 0.25) is 0 Å². The summed E-state index contributed by atoms with van der Waals surface area (Å²) in [6.45, 7) is 5.15. The molecule has 0 bridgehead atoms. The summed E-state index contributed by atoms with van der Waals surface area (Å²) in [5.41, 5.74) is 0. The minimum absolute atomic E-state index is 0.0401. The molecule has 0 aromatic rings. The second kappa shape index (κ2) is 4.04. The van der Waals surface area contributed by atoms with Crippen molar-refractivity contribution in [3.05, 3.63) is 11.8 Å². The smallest absolute Gasteiger partial charge is 0.179 e. The van der Waals surface area contributed by atoms with Gasteiger partial charge in [0.05, 0.1) is 5.88 Å². The van der Waals surface area contributed by atoms with Gasteiger partial charge in [-0.3, -0.25) is 0 Å². The van der Waals surface area contributed by atoms with Gasteiger partial charge in [-0.05, 0) is 25.1 Å². The van der Waals surface area contributed by atoms with Gasteiger partial charge in [-0.2, -0.15) is 0 Å². The molecule has 0 spiro atoms. The Bertz CT molecular complexity index is 82.5. The van der Waals surface area contributed by atoms with E-state index in [1.807, 2.05) is 6.92 Å². The third-order valence-corrected chi connectivity index (χ3v) is 1.07. The number of hydrogen-bond donors (Lipinski definition) is 0. The third kappa shape index (κ3) is 4.28. The highest BCUT2D eigenvalue weighted by atomic mass is 35.5. The molecule has 0 saturated carbocycles. The normalized spacial score (nSPS) is 12.9. The fourth-order valence-corrected chi connectivity index (χ4v) is 0.465. The molecule has 48 valence electrons. The molecular formula is C5H8Cl2O. The Labute approximate surface area is 59.2 Å². The van der Waals surface area contributed by atoms with Crippen LogP contribution in [0.5, 0.6) is 0 Å². The molecule has 1 nitrogen and oxygen atoms in total. The van der Waals surface area contributed by atoms with Gasteiger partial charge < -0.3 is 4.74 Å². The van der Waals surface area contributed by atoms with Crippen LogP contribution in [0.1, 0.15) is 6.92 Å². The van der Waals surface area contributed by atoms with Crippen LogP contribution in [0.4, 0.5) is 0 Å². The molecule has 3 heteroatoms. The van der Waals surface area contributed by atoms with Crippen LogP contribution in [0.25, 0.3) is 0 Å². The van der Waals surface area contributed by atoms with E-state index in [4.69, 9.17) is 27.9 Å². The number of ether oxygens (including phenoxy) is 1. The molecule has 0 fully saturated rings. The number of rotatable bonds is 3. The zero-order chi connectivity index (χ0) is 6.57. The molecule has 0 aliphatic heterocycles. The molecule has 0 aromatic heterocycles. The topological polar surface area (TPSA) is 9.23 Å². The summed E-state index contributed by atoms with van der Waals surface area (Å²) in [5.74, 6) is 0.436. The maximum absolute atomic E-state index is 5.37. The van der Waals surface area contributed by atoms with E-state index in [0.717, 1.165) is 0 Å². The van der Waals surface area contributed by atoms with Crippen LogP contribution in [0.3, 0.4) is 0 Å². The van der Waals surface area contributed by atoms with E-state index in [1.54, 1.807) is 0 Å². The highest BCUT2D eigenvalue weighted by Crippen LogP contribution is 2.04. The monoisotopic (exact) mass is 154 g/mol. The molecule has 0 radical (unpaired) electrons. The van der Waals surface area contributed by atoms with Crippen molar-refractivity contribution in [2.45, 2.75) is 13.0 Å². The zero-order valence-electron chi connectivity index (χ0n) is 4.66. The van der Waals surface area contributed by atoms with Gasteiger partial charge in [-0.15, -0.1) is 11.6 Å². The molecule has 0 aliphatic carbocycles. The lowest BCUT2D eigenvalue weighted by Crippen LogP contribution is -2.06. The predicted octanol–water partition coefficient (Wildman–Crippen LogP) is 2.34. The molecule has 0 aliphatic rings. The first-order valence-electron chi connectivity index (χ1n) is 2.24. The molecule has 8 heavy (non-hydrogen) atoms. The zero-order valence-corrected chi connectivity index (χ0v) is 6.17. The molecule has 0 aromatic carbocycles. The standard InChI is InChI=1S/C5H8Cl2O/c1-4(3-6)8-5(2)7/h4H,2-3H2,1H3. The average molecular weight is 155 g/mol. The van der Waals surface area contributed by atoms with E-state index in [2.05, 4.69) is 6.58 Å². The Hall–Kier alpha value is 0.120. The van der Waals surface area contributed by atoms with Gasteiger partial charge in [-0.1, -0.05) is 0 Å². The lowest BCUT2D eigenvalue weighted by Gasteiger charge is -2.07. The number of alkyl halides is 1. The van der Waals surface area contributed by atoms with Crippen molar-refractivity contribution in [1.82, 2.24) is 0 Å². The predicted molar refractivity (Wildman–Crippen MR) is 36.3 cm³/mol. The van der Waals surface area contributed by atoms with Gasteiger partial charge in [0, 0.05) is 0 Å². The van der Waals surface area contributed by atoms with E-state index in [0.29, 0.717) is 5.88 Å². The maximum atomic E-state index is 5.37. The summed E-state index contributed by atoms with van der Waals surface area (Å²) in [7, 11) is 0. The van der Waals surface area contributed by atoms with E-state index in [9.17, 15) is 0 Å². The molecule has 0 N–H and O–H groups in total. The fourth-order valence-electron chi connectivity index (χ4n) is 0.250. The lowest BCUT2D eigenvalue weighted by molar-refractivity contribution is 0.172. The summed E-state index contributed by atoms with van der Waals surface area (Å²) < 4.78 is 4.84. The molecule has 1 atom stereocenters. The summed E-state index contributed by atoms with van der Waals surface area (Å²) in [6, 6.07) is 0. The lowest BCUT2D eigenvalue weighted by atomic mass is 10.5. The van der Waals surface area contributed by atoms with Crippen LogP contribution in [-0.4, -0.2) is 12.0 Å². The van der Waals surface area contributed by atoms with Crippen molar-refractivity contribution >= 4 is 23.2 Å². The van der Waals surface area contributed by atoms with E-state index >= 15 is 0 Å². The molecule has 1 unspecified atom stereocenters. The van der Waals surface area contributed by atoms with Crippen LogP contribution in [0, 0.1) is 0 Å². The van der Waals surface area contributed by atoms with Crippen molar-refractivity contribution in [1.29, 1.82) is 0 Å². The van der Waals surface area contributed by atoms with Crippen molar-refractivity contribution < 1.29 is 4.74 Å². The van der Waals surface area contributed by atoms with E-state index < -0.39 is 0 Å². The summed E-state index contributed by atoms with van der Waals surface area (Å²) in [5, 5.41) is 0.193. The van der Waals surface area contributed by atoms with Gasteiger partial charge in [0.15, 0.2) is 5.22 Å². The van der Waals surface area contributed by atoms with Crippen molar-refractivity contribution in [2.24, 2.45) is 0 Å². The number of halogens is 2. The molecular weight excluding hydrogens is 147 g/mol. The van der Waals surface area contributed by atoms with Crippen molar-refractivity contribution in [3.8, 4) is 0 Å².